The van der Waals surface area contributed by atoms with Crippen molar-refractivity contribution in [2.24, 2.45) is 11.7 Å². The maximum atomic E-state index is 11.5. The van der Waals surface area contributed by atoms with E-state index in [1.807, 2.05) is 35.2 Å². The maximum absolute atomic E-state index is 11.5. The summed E-state index contributed by atoms with van der Waals surface area (Å²) in [6.45, 7) is 5.47. The molecule has 2 amide bonds. The molecule has 2 saturated heterocycles. The van der Waals surface area contributed by atoms with Gasteiger partial charge in [0, 0.05) is 51.5 Å². The van der Waals surface area contributed by atoms with E-state index in [1.54, 1.807) is 11.8 Å². The van der Waals surface area contributed by atoms with E-state index in [0.717, 1.165) is 37.8 Å². The lowest BCUT2D eigenvalue weighted by Crippen LogP contribution is -2.41. The van der Waals surface area contributed by atoms with Gasteiger partial charge in [0.2, 0.25) is 12.3 Å². The highest BCUT2D eigenvalue weighted by Crippen LogP contribution is 2.31. The van der Waals surface area contributed by atoms with Crippen LogP contribution in [-0.4, -0.2) is 86.2 Å². The van der Waals surface area contributed by atoms with Crippen LogP contribution in [0.15, 0.2) is 30.3 Å². The van der Waals surface area contributed by atoms with Gasteiger partial charge < -0.3 is 25.2 Å². The summed E-state index contributed by atoms with van der Waals surface area (Å²) >= 11 is 0. The first-order valence-corrected chi connectivity index (χ1v) is 11.6. The summed E-state index contributed by atoms with van der Waals surface area (Å²) in [5.41, 5.74) is 5.65. The number of nitriles is 1. The fourth-order valence-electron chi connectivity index (χ4n) is 4.30. The van der Waals surface area contributed by atoms with Gasteiger partial charge in [-0.3, -0.25) is 9.59 Å². The van der Waals surface area contributed by atoms with E-state index in [4.69, 9.17) is 5.26 Å². The lowest BCUT2D eigenvalue weighted by molar-refractivity contribution is -0.129. The number of carbonyl (C=O) groups excluding carboxylic acids is 3. The number of likely N-dealkylation sites (N-methyl/N-ethyl adjacent to an activating group) is 1. The number of benzene rings is 1. The Labute approximate surface area is 198 Å². The number of hydrogen-bond acceptors (Lipinski definition) is 6. The zero-order valence-electron chi connectivity index (χ0n) is 20.2. The predicted octanol–water partition coefficient (Wildman–Crippen LogP) is 1.87. The molecule has 0 spiro atoms. The maximum Gasteiger partial charge on any atom is 0.219 e. The van der Waals surface area contributed by atoms with Gasteiger partial charge in [-0.05, 0) is 45.5 Å². The van der Waals surface area contributed by atoms with Crippen molar-refractivity contribution in [1.82, 2.24) is 14.7 Å². The van der Waals surface area contributed by atoms with Crippen LogP contribution in [0.3, 0.4) is 0 Å². The van der Waals surface area contributed by atoms with E-state index in [2.05, 4.69) is 23.8 Å². The monoisotopic (exact) mass is 457 g/mol. The Morgan fingerprint density at radius 3 is 2.45 bits per heavy atom. The number of unbranched alkanes of at least 4 members (excludes halogenated alkanes) is 1. The van der Waals surface area contributed by atoms with Gasteiger partial charge in [0.05, 0.1) is 12.0 Å². The topological polar surface area (TPSA) is 111 Å². The van der Waals surface area contributed by atoms with Crippen molar-refractivity contribution < 1.29 is 14.4 Å². The van der Waals surface area contributed by atoms with Crippen molar-refractivity contribution in [1.29, 1.82) is 5.26 Å². The van der Waals surface area contributed by atoms with Crippen LogP contribution in [0.5, 0.6) is 0 Å². The molecule has 0 aliphatic carbocycles. The zero-order valence-corrected chi connectivity index (χ0v) is 20.2. The second kappa shape index (κ2) is 15.9. The van der Waals surface area contributed by atoms with Gasteiger partial charge in [-0.25, -0.2) is 0 Å². The Morgan fingerprint density at radius 1 is 1.24 bits per heavy atom. The molecule has 2 aliphatic heterocycles. The molecule has 0 saturated carbocycles. The molecule has 2 N–H and O–H groups in total. The molecule has 2 fully saturated rings. The summed E-state index contributed by atoms with van der Waals surface area (Å²) in [5.74, 6) is 0.213. The number of aldehydes is 1. The number of likely N-dealkylation sites (tertiary alicyclic amines) is 2. The summed E-state index contributed by atoms with van der Waals surface area (Å²) in [5, 5.41) is 9.02. The molecule has 3 atom stereocenters. The van der Waals surface area contributed by atoms with Crippen molar-refractivity contribution in [3.63, 3.8) is 0 Å². The van der Waals surface area contributed by atoms with E-state index >= 15 is 0 Å². The smallest absolute Gasteiger partial charge is 0.219 e. The molecule has 8 nitrogen and oxygen atoms in total. The van der Waals surface area contributed by atoms with Crippen LogP contribution in [0.4, 0.5) is 0 Å². The minimum absolute atomic E-state index is 0.0717. The Bertz CT molecular complexity index is 752. The summed E-state index contributed by atoms with van der Waals surface area (Å²) < 4.78 is 0. The number of nitrogens with two attached hydrogens (primary N) is 1. The van der Waals surface area contributed by atoms with Crippen molar-refractivity contribution in [2.75, 3.05) is 46.8 Å². The van der Waals surface area contributed by atoms with Crippen LogP contribution in [0.25, 0.3) is 0 Å². The third kappa shape index (κ3) is 9.32. The van der Waals surface area contributed by atoms with E-state index in [9.17, 15) is 14.4 Å². The zero-order chi connectivity index (χ0) is 24.6. The van der Waals surface area contributed by atoms with Crippen LogP contribution in [0.1, 0.15) is 44.1 Å². The van der Waals surface area contributed by atoms with E-state index in [0.29, 0.717) is 32.1 Å². The average molecular weight is 458 g/mol. The Hall–Kier alpha value is -2.76. The number of carbonyl (C=O) groups is 3. The molecule has 1 aromatic rings. The highest BCUT2D eigenvalue weighted by molar-refractivity contribution is 5.73. The van der Waals surface area contributed by atoms with Crippen LogP contribution in [-0.2, 0) is 14.4 Å². The minimum Gasteiger partial charge on any atom is -0.343 e. The summed E-state index contributed by atoms with van der Waals surface area (Å²) in [6, 6.07) is 12.7. The van der Waals surface area contributed by atoms with Crippen molar-refractivity contribution in [2.45, 2.75) is 44.6 Å². The first-order chi connectivity index (χ1) is 16.0. The molecule has 3 rings (SSSR count). The number of amides is 2. The average Bonchev–Trinajstić information content (AvgIpc) is 3.46. The van der Waals surface area contributed by atoms with E-state index in [1.165, 1.54) is 19.9 Å². The first-order valence-electron chi connectivity index (χ1n) is 11.6. The van der Waals surface area contributed by atoms with Crippen LogP contribution in [0, 0.1) is 17.2 Å². The lowest BCUT2D eigenvalue weighted by atomic mass is 9.90. The quantitative estimate of drug-likeness (QED) is 0.471. The molecule has 0 bridgehead atoms. The minimum atomic E-state index is -0.0717. The fraction of sp³-hybridized carbons (Fsp3) is 0.600. The third-order valence-electron chi connectivity index (χ3n) is 6.19. The first kappa shape index (κ1) is 28.3. The normalized spacial score (nSPS) is 21.7. The van der Waals surface area contributed by atoms with Gasteiger partial charge in [-0.15, -0.1) is 0 Å². The van der Waals surface area contributed by atoms with Gasteiger partial charge in [-0.1, -0.05) is 30.3 Å². The highest BCUT2D eigenvalue weighted by atomic mass is 16.2. The molecule has 1 unspecified atom stereocenters. The van der Waals surface area contributed by atoms with Crippen molar-refractivity contribution in [3.8, 4) is 6.07 Å². The van der Waals surface area contributed by atoms with Crippen LogP contribution < -0.4 is 5.73 Å². The van der Waals surface area contributed by atoms with Gasteiger partial charge in [0.1, 0.15) is 6.29 Å². The molecule has 0 radical (unpaired) electrons. The van der Waals surface area contributed by atoms with Gasteiger partial charge in [-0.2, -0.15) is 5.26 Å². The molecule has 0 aromatic heterocycles. The molecular formula is C25H39N5O3. The molecule has 33 heavy (non-hydrogen) atoms. The molecule has 8 heteroatoms. The predicted molar refractivity (Wildman–Crippen MR) is 129 cm³/mol. The molecular weight excluding hydrogens is 418 g/mol. The lowest BCUT2D eigenvalue weighted by Gasteiger charge is -2.28. The van der Waals surface area contributed by atoms with Gasteiger partial charge >= 0.3 is 0 Å². The molecule has 2 aliphatic rings. The molecule has 2 heterocycles. The molecule has 1 aromatic carbocycles. The number of rotatable bonds is 8. The Balaban J connectivity index is 0.000000307. The summed E-state index contributed by atoms with van der Waals surface area (Å²) in [4.78, 5) is 38.2. The molecule has 182 valence electrons. The SMILES string of the molecule is CC(=O)N(CCCC=O)C[C@H]1CCCN1C.CN.N#C[C@H]1CN(C=O)CC1c1ccccc1. The number of nitrogens with zero attached hydrogens (tertiary/aromatic N) is 4. The summed E-state index contributed by atoms with van der Waals surface area (Å²) in [7, 11) is 3.61. The van der Waals surface area contributed by atoms with E-state index in [-0.39, 0.29) is 17.7 Å². The van der Waals surface area contributed by atoms with Crippen molar-refractivity contribution >= 4 is 18.6 Å². The Morgan fingerprint density at radius 2 is 1.94 bits per heavy atom. The second-order valence-corrected chi connectivity index (χ2v) is 8.36. The van der Waals surface area contributed by atoms with Gasteiger partial charge in [0.25, 0.3) is 0 Å². The van der Waals surface area contributed by atoms with Crippen LogP contribution >= 0.6 is 0 Å². The largest absolute Gasteiger partial charge is 0.343 e. The van der Waals surface area contributed by atoms with Crippen molar-refractivity contribution in [3.05, 3.63) is 35.9 Å². The Kier molecular flexibility index (Phi) is 13.7. The standard InChI is InChI=1S/C12H22N2O2.C12H12N2O.CH5N/c1-11(16)14(8-3-4-9-15)10-12-6-5-7-13(12)2;13-6-11-7-14(9-15)8-12(11)10-4-2-1-3-5-10;1-2/h9,12H,3-8,10H2,1-2H3;1-5,9,11-12H,7-8H2;2H2,1H3/t12-;11-,12?;/m10./s1. The second-order valence-electron chi connectivity index (χ2n) is 8.36. The van der Waals surface area contributed by atoms with Gasteiger partial charge in [0.15, 0.2) is 0 Å². The summed E-state index contributed by atoms with van der Waals surface area (Å²) in [6.07, 6.45) is 5.46. The van der Waals surface area contributed by atoms with E-state index < -0.39 is 0 Å². The third-order valence-corrected chi connectivity index (χ3v) is 6.19. The number of hydrogen-bond donors (Lipinski definition) is 1. The van der Waals surface area contributed by atoms with Crippen LogP contribution in [0.2, 0.25) is 0 Å². The fourth-order valence-corrected chi connectivity index (χ4v) is 4.30. The highest BCUT2D eigenvalue weighted by Gasteiger charge is 2.33.